The van der Waals surface area contributed by atoms with Gasteiger partial charge in [-0.25, -0.2) is 0 Å². The highest BCUT2D eigenvalue weighted by atomic mass is 16.6. The topological polar surface area (TPSA) is 21.8 Å². The molecule has 1 atom stereocenters. The van der Waals surface area contributed by atoms with Gasteiger partial charge in [-0.1, -0.05) is 56.9 Å². The van der Waals surface area contributed by atoms with E-state index < -0.39 is 0 Å². The maximum absolute atomic E-state index is 5.76. The third-order valence-electron chi connectivity index (χ3n) is 4.59. The lowest BCUT2D eigenvalue weighted by molar-refractivity contribution is 0.202. The lowest BCUT2D eigenvalue weighted by Crippen LogP contribution is -2.16. The van der Waals surface area contributed by atoms with Crippen LogP contribution in [0, 0.1) is 0 Å². The first-order chi connectivity index (χ1) is 11.7. The zero-order chi connectivity index (χ0) is 17.1. The van der Waals surface area contributed by atoms with Gasteiger partial charge in [0.15, 0.2) is 0 Å². The summed E-state index contributed by atoms with van der Waals surface area (Å²) in [5.41, 5.74) is 1.38. The summed E-state index contributed by atoms with van der Waals surface area (Å²) in [7, 11) is 0. The number of rotatable bonds is 13. The number of ether oxygens (including phenoxy) is 2. The summed E-state index contributed by atoms with van der Waals surface area (Å²) in [4.78, 5) is 0. The molecule has 0 saturated carbocycles. The lowest BCUT2D eigenvalue weighted by Gasteiger charge is -2.09. The first-order valence-corrected chi connectivity index (χ1v) is 9.72. The van der Waals surface area contributed by atoms with Gasteiger partial charge in [0.25, 0.3) is 0 Å². The van der Waals surface area contributed by atoms with E-state index in [1.807, 2.05) is 0 Å². The molecular formula is C22H34O2. The van der Waals surface area contributed by atoms with E-state index in [1.54, 1.807) is 0 Å². The van der Waals surface area contributed by atoms with Crippen LogP contribution >= 0.6 is 0 Å². The second kappa shape index (κ2) is 10.6. The fourth-order valence-corrected chi connectivity index (χ4v) is 2.78. The highest BCUT2D eigenvalue weighted by Crippen LogP contribution is 2.27. The Bertz CT molecular complexity index is 471. The number of allylic oxidation sites excluding steroid dienone is 2. The maximum Gasteiger partial charge on any atom is 0.123 e. The van der Waals surface area contributed by atoms with Gasteiger partial charge >= 0.3 is 0 Å². The molecule has 0 radical (unpaired) electrons. The van der Waals surface area contributed by atoms with E-state index in [-0.39, 0.29) is 5.60 Å². The number of aryl methyl sites for hydroxylation is 1. The average Bonchev–Trinajstić information content (AvgIpc) is 3.34. The number of hydrogen-bond donors (Lipinski definition) is 0. The third-order valence-corrected chi connectivity index (χ3v) is 4.59. The quantitative estimate of drug-likeness (QED) is 0.248. The van der Waals surface area contributed by atoms with Gasteiger partial charge in [-0.2, -0.15) is 0 Å². The Morgan fingerprint density at radius 1 is 1.00 bits per heavy atom. The maximum atomic E-state index is 5.76. The van der Waals surface area contributed by atoms with Crippen LogP contribution in [0.1, 0.15) is 70.8 Å². The second-order valence-corrected chi connectivity index (χ2v) is 7.21. The largest absolute Gasteiger partial charge is 0.491 e. The van der Waals surface area contributed by atoms with Crippen LogP contribution in [0.15, 0.2) is 36.4 Å². The van der Waals surface area contributed by atoms with Gasteiger partial charge < -0.3 is 9.47 Å². The van der Waals surface area contributed by atoms with Crippen molar-refractivity contribution in [2.24, 2.45) is 0 Å². The van der Waals surface area contributed by atoms with Crippen molar-refractivity contribution in [2.75, 3.05) is 13.2 Å². The van der Waals surface area contributed by atoms with Crippen LogP contribution in [0.25, 0.3) is 0 Å². The Labute approximate surface area is 148 Å². The van der Waals surface area contributed by atoms with Crippen molar-refractivity contribution >= 4 is 0 Å². The molecule has 0 amide bonds. The molecule has 1 aromatic carbocycles. The molecule has 1 heterocycles. The fourth-order valence-electron chi connectivity index (χ4n) is 2.78. The van der Waals surface area contributed by atoms with Crippen LogP contribution in [0.2, 0.25) is 0 Å². The fraction of sp³-hybridized carbons (Fsp3) is 0.636. The van der Waals surface area contributed by atoms with E-state index in [0.717, 1.165) is 12.4 Å². The summed E-state index contributed by atoms with van der Waals surface area (Å²) < 4.78 is 11.1. The van der Waals surface area contributed by atoms with Crippen LogP contribution in [-0.2, 0) is 11.2 Å². The molecule has 1 saturated heterocycles. The molecule has 0 spiro atoms. The van der Waals surface area contributed by atoms with Gasteiger partial charge in [-0.15, -0.1) is 0 Å². The molecule has 1 fully saturated rings. The lowest BCUT2D eigenvalue weighted by atomic mass is 10.0. The molecule has 1 aromatic rings. The Morgan fingerprint density at radius 3 is 2.33 bits per heavy atom. The van der Waals surface area contributed by atoms with Gasteiger partial charge in [0.05, 0.1) is 6.61 Å². The average molecular weight is 331 g/mol. The van der Waals surface area contributed by atoms with Crippen LogP contribution < -0.4 is 4.74 Å². The third kappa shape index (κ3) is 8.01. The molecule has 1 aliphatic rings. The summed E-state index contributed by atoms with van der Waals surface area (Å²) in [5, 5.41) is 0. The van der Waals surface area contributed by atoms with Crippen molar-refractivity contribution in [3.63, 3.8) is 0 Å². The summed E-state index contributed by atoms with van der Waals surface area (Å²) >= 11 is 0. The summed E-state index contributed by atoms with van der Waals surface area (Å²) in [6.07, 6.45) is 16.3. The normalized spacial score (nSPS) is 19.8. The van der Waals surface area contributed by atoms with Crippen molar-refractivity contribution < 1.29 is 9.47 Å². The van der Waals surface area contributed by atoms with Crippen molar-refractivity contribution in [1.82, 2.24) is 0 Å². The molecule has 0 bridgehead atoms. The highest BCUT2D eigenvalue weighted by Gasteiger charge is 2.40. The first-order valence-electron chi connectivity index (χ1n) is 9.72. The van der Waals surface area contributed by atoms with E-state index in [4.69, 9.17) is 9.47 Å². The molecule has 134 valence electrons. The number of hydrogen-bond acceptors (Lipinski definition) is 2. The minimum absolute atomic E-state index is 0.0367. The van der Waals surface area contributed by atoms with Crippen LogP contribution in [0.4, 0.5) is 0 Å². The predicted molar refractivity (Wildman–Crippen MR) is 102 cm³/mol. The molecule has 2 heteroatoms. The monoisotopic (exact) mass is 330 g/mol. The molecule has 1 aliphatic heterocycles. The van der Waals surface area contributed by atoms with Crippen molar-refractivity contribution in [2.45, 2.75) is 77.2 Å². The summed E-state index contributed by atoms with van der Waals surface area (Å²) in [5.74, 6) is 0.951. The van der Waals surface area contributed by atoms with Crippen molar-refractivity contribution in [3.05, 3.63) is 42.0 Å². The predicted octanol–water partition coefficient (Wildman–Crippen LogP) is 6.09. The van der Waals surface area contributed by atoms with Crippen LogP contribution in [0.5, 0.6) is 5.75 Å². The van der Waals surface area contributed by atoms with Crippen molar-refractivity contribution in [3.8, 4) is 5.75 Å². The van der Waals surface area contributed by atoms with E-state index in [0.29, 0.717) is 6.61 Å². The van der Waals surface area contributed by atoms with Gasteiger partial charge in [-0.05, 0) is 56.7 Å². The Morgan fingerprint density at radius 2 is 1.67 bits per heavy atom. The number of benzene rings is 1. The minimum Gasteiger partial charge on any atom is -0.491 e. The zero-order valence-electron chi connectivity index (χ0n) is 15.6. The standard InChI is InChI=1S/C22H34O2/c1-3-4-5-6-7-8-9-10-11-12-13-20-14-16-21(17-15-20)23-18-22(2)19-24-22/h4-5,14-17H,3,6-13,18-19H2,1-2H3/b5-4+. The second-order valence-electron chi connectivity index (χ2n) is 7.21. The Balaban J connectivity index is 1.47. The molecule has 0 aromatic heterocycles. The number of unbranched alkanes of at least 4 members (excludes halogenated alkanes) is 6. The van der Waals surface area contributed by atoms with Gasteiger partial charge in [-0.3, -0.25) is 0 Å². The van der Waals surface area contributed by atoms with Gasteiger partial charge in [0.1, 0.15) is 18.0 Å². The first kappa shape index (κ1) is 19.1. The smallest absolute Gasteiger partial charge is 0.123 e. The molecule has 0 aliphatic carbocycles. The van der Waals surface area contributed by atoms with Gasteiger partial charge in [0.2, 0.25) is 0 Å². The Kier molecular flexibility index (Phi) is 8.38. The minimum atomic E-state index is -0.0367. The van der Waals surface area contributed by atoms with Crippen LogP contribution in [-0.4, -0.2) is 18.8 Å². The summed E-state index contributed by atoms with van der Waals surface area (Å²) in [6.45, 7) is 5.75. The molecule has 2 rings (SSSR count). The zero-order valence-corrected chi connectivity index (χ0v) is 15.6. The van der Waals surface area contributed by atoms with E-state index >= 15 is 0 Å². The molecule has 1 unspecified atom stereocenters. The van der Waals surface area contributed by atoms with Gasteiger partial charge in [0, 0.05) is 0 Å². The summed E-state index contributed by atoms with van der Waals surface area (Å²) in [6, 6.07) is 8.58. The SMILES string of the molecule is CC/C=C/CCCCCCCCc1ccc(OCC2(C)CO2)cc1. The molecular weight excluding hydrogens is 296 g/mol. The Hall–Kier alpha value is -1.28. The van der Waals surface area contributed by atoms with E-state index in [2.05, 4.69) is 50.3 Å². The van der Waals surface area contributed by atoms with E-state index in [1.165, 1.54) is 63.4 Å². The molecule has 24 heavy (non-hydrogen) atoms. The highest BCUT2D eigenvalue weighted by molar-refractivity contribution is 5.27. The van der Waals surface area contributed by atoms with Crippen molar-refractivity contribution in [1.29, 1.82) is 0 Å². The molecule has 2 nitrogen and oxygen atoms in total. The molecule has 0 N–H and O–H groups in total. The van der Waals surface area contributed by atoms with Crippen LogP contribution in [0.3, 0.4) is 0 Å². The number of epoxide rings is 1. The van der Waals surface area contributed by atoms with E-state index in [9.17, 15) is 0 Å².